The largest absolute Gasteiger partial charge is 0.455 e. The minimum absolute atomic E-state index is 0.207. The van der Waals surface area contributed by atoms with Crippen LogP contribution in [0.2, 0.25) is 0 Å². The number of aryl methyl sites for hydroxylation is 1. The van der Waals surface area contributed by atoms with Gasteiger partial charge in [-0.05, 0) is 24.3 Å². The first kappa shape index (κ1) is 17.5. The third-order valence-electron chi connectivity index (χ3n) is 4.21. The van der Waals surface area contributed by atoms with Crippen molar-refractivity contribution in [2.75, 3.05) is 5.32 Å². The summed E-state index contributed by atoms with van der Waals surface area (Å²) in [6.07, 6.45) is 3.01. The Labute approximate surface area is 158 Å². The van der Waals surface area contributed by atoms with E-state index in [1.54, 1.807) is 42.3 Å². The number of aromatic nitrogens is 3. The second-order valence-corrected chi connectivity index (χ2v) is 6.18. The maximum absolute atomic E-state index is 12.4. The number of anilines is 1. The number of imide groups is 1. The van der Waals surface area contributed by atoms with Gasteiger partial charge in [-0.15, -0.1) is 0 Å². The Hall–Kier alpha value is -3.95. The smallest absolute Gasteiger partial charge is 0.322 e. The zero-order valence-electron chi connectivity index (χ0n) is 14.8. The van der Waals surface area contributed by atoms with Gasteiger partial charge in [0, 0.05) is 13.2 Å². The Morgan fingerprint density at radius 3 is 2.86 bits per heavy atom. The first-order chi connectivity index (χ1) is 13.5. The third kappa shape index (κ3) is 3.34. The third-order valence-corrected chi connectivity index (χ3v) is 4.21. The van der Waals surface area contributed by atoms with E-state index < -0.39 is 23.9 Å². The fourth-order valence-corrected chi connectivity index (χ4v) is 2.96. The van der Waals surface area contributed by atoms with Gasteiger partial charge in [0.25, 0.3) is 5.91 Å². The van der Waals surface area contributed by atoms with E-state index in [-0.39, 0.29) is 6.42 Å². The summed E-state index contributed by atoms with van der Waals surface area (Å²) in [6.45, 7) is 0. The number of hydrogen-bond acceptors (Lipinski definition) is 6. The van der Waals surface area contributed by atoms with E-state index in [0.29, 0.717) is 22.7 Å². The summed E-state index contributed by atoms with van der Waals surface area (Å²) in [6, 6.07) is 7.42. The number of benzene rings is 1. The highest BCUT2D eigenvalue weighted by Crippen LogP contribution is 2.34. The van der Waals surface area contributed by atoms with Crippen LogP contribution in [0.3, 0.4) is 0 Å². The fourth-order valence-electron chi connectivity index (χ4n) is 2.96. The fraction of sp³-hybridized carbons (Fsp3) is 0.167. The van der Waals surface area contributed by atoms with Crippen LogP contribution in [0.5, 0.6) is 11.5 Å². The van der Waals surface area contributed by atoms with Crippen molar-refractivity contribution in [2.24, 2.45) is 7.05 Å². The van der Waals surface area contributed by atoms with Crippen molar-refractivity contribution in [2.45, 2.75) is 12.5 Å². The standard InChI is InChI=1S/C18H16N6O4/c1-24-12-5-2-6-13(28-10-4-3-7-19-9-10)15(12)16(23-24)21-14(25)8-11-17(26)22-18(27)20-11/h2-7,9,11H,8H2,1H3,(H,21,23,25)(H2,20,22,26,27). The molecule has 0 aliphatic carbocycles. The molecule has 0 radical (unpaired) electrons. The summed E-state index contributed by atoms with van der Waals surface area (Å²) < 4.78 is 7.52. The Bertz CT molecular complexity index is 1080. The number of pyridine rings is 1. The molecule has 0 spiro atoms. The minimum atomic E-state index is -0.909. The van der Waals surface area contributed by atoms with E-state index in [2.05, 4.69) is 26.0 Å². The van der Waals surface area contributed by atoms with E-state index in [1.807, 2.05) is 12.1 Å². The van der Waals surface area contributed by atoms with E-state index in [4.69, 9.17) is 4.74 Å². The number of urea groups is 1. The predicted molar refractivity (Wildman–Crippen MR) is 98.7 cm³/mol. The van der Waals surface area contributed by atoms with Crippen LogP contribution in [0.4, 0.5) is 10.6 Å². The van der Waals surface area contributed by atoms with Gasteiger partial charge in [-0.1, -0.05) is 6.07 Å². The van der Waals surface area contributed by atoms with Crippen molar-refractivity contribution in [1.82, 2.24) is 25.4 Å². The molecule has 3 N–H and O–H groups in total. The van der Waals surface area contributed by atoms with Crippen molar-refractivity contribution < 1.29 is 19.1 Å². The SMILES string of the molecule is Cn1nc(NC(=O)CC2NC(=O)NC2=O)c2c(Oc3cccnc3)cccc21. The molecule has 1 fully saturated rings. The van der Waals surface area contributed by atoms with Crippen LogP contribution in [0.15, 0.2) is 42.7 Å². The van der Waals surface area contributed by atoms with Gasteiger partial charge in [0.15, 0.2) is 5.82 Å². The number of fused-ring (bicyclic) bond motifs is 1. The molecule has 10 nitrogen and oxygen atoms in total. The molecule has 1 unspecified atom stereocenters. The van der Waals surface area contributed by atoms with Gasteiger partial charge in [-0.3, -0.25) is 24.6 Å². The van der Waals surface area contributed by atoms with Crippen LogP contribution < -0.4 is 20.7 Å². The van der Waals surface area contributed by atoms with E-state index in [1.165, 1.54) is 0 Å². The highest BCUT2D eigenvalue weighted by molar-refractivity contribution is 6.08. The van der Waals surface area contributed by atoms with Gasteiger partial charge in [-0.2, -0.15) is 5.10 Å². The monoisotopic (exact) mass is 380 g/mol. The average Bonchev–Trinajstić information content (AvgIpc) is 3.15. The van der Waals surface area contributed by atoms with Crippen LogP contribution in [0.1, 0.15) is 6.42 Å². The van der Waals surface area contributed by atoms with Crippen molar-refractivity contribution in [1.29, 1.82) is 0 Å². The summed E-state index contributed by atoms with van der Waals surface area (Å²) in [5.41, 5.74) is 0.753. The Balaban J connectivity index is 1.61. The topological polar surface area (TPSA) is 127 Å². The lowest BCUT2D eigenvalue weighted by Crippen LogP contribution is -2.33. The molecule has 1 aliphatic heterocycles. The van der Waals surface area contributed by atoms with Gasteiger partial charge in [0.2, 0.25) is 5.91 Å². The zero-order valence-corrected chi connectivity index (χ0v) is 14.8. The molecule has 0 saturated carbocycles. The van der Waals surface area contributed by atoms with Gasteiger partial charge in [-0.25, -0.2) is 4.79 Å². The number of carbonyl (C=O) groups excluding carboxylic acids is 3. The molecule has 1 aliphatic rings. The molecule has 1 saturated heterocycles. The molecule has 4 amide bonds. The normalized spacial score (nSPS) is 16.0. The lowest BCUT2D eigenvalue weighted by Gasteiger charge is -2.09. The number of nitrogens with zero attached hydrogens (tertiary/aromatic N) is 3. The highest BCUT2D eigenvalue weighted by atomic mass is 16.5. The van der Waals surface area contributed by atoms with Crippen LogP contribution in [0, 0.1) is 0 Å². The molecular formula is C18H16N6O4. The quantitative estimate of drug-likeness (QED) is 0.573. The van der Waals surface area contributed by atoms with Crippen molar-refractivity contribution in [3.05, 3.63) is 42.7 Å². The highest BCUT2D eigenvalue weighted by Gasteiger charge is 2.31. The van der Waals surface area contributed by atoms with Gasteiger partial charge in [0.1, 0.15) is 17.5 Å². The van der Waals surface area contributed by atoms with Gasteiger partial charge in [0.05, 0.1) is 23.5 Å². The number of rotatable bonds is 5. The molecule has 0 bridgehead atoms. The molecule has 28 heavy (non-hydrogen) atoms. The Kier molecular flexibility index (Phi) is 4.36. The average molecular weight is 380 g/mol. The molecule has 1 atom stereocenters. The summed E-state index contributed by atoms with van der Waals surface area (Å²) >= 11 is 0. The number of carbonyl (C=O) groups is 3. The van der Waals surface area contributed by atoms with Gasteiger partial charge >= 0.3 is 6.03 Å². The number of amides is 4. The predicted octanol–water partition coefficient (Wildman–Crippen LogP) is 1.30. The van der Waals surface area contributed by atoms with Crippen LogP contribution in [-0.2, 0) is 16.6 Å². The number of nitrogens with one attached hydrogen (secondary N) is 3. The molecular weight excluding hydrogens is 364 g/mol. The zero-order chi connectivity index (χ0) is 19.7. The summed E-state index contributed by atoms with van der Waals surface area (Å²) in [5, 5.41) is 12.1. The lowest BCUT2D eigenvalue weighted by molar-refractivity contribution is -0.124. The first-order valence-electron chi connectivity index (χ1n) is 8.46. The summed E-state index contributed by atoms with van der Waals surface area (Å²) in [5.74, 6) is 0.346. The molecule has 3 aromatic rings. The van der Waals surface area contributed by atoms with Crippen molar-refractivity contribution in [3.8, 4) is 11.5 Å². The van der Waals surface area contributed by atoms with E-state index >= 15 is 0 Å². The second-order valence-electron chi connectivity index (χ2n) is 6.18. The van der Waals surface area contributed by atoms with E-state index in [9.17, 15) is 14.4 Å². The molecule has 4 rings (SSSR count). The van der Waals surface area contributed by atoms with Crippen LogP contribution in [-0.4, -0.2) is 38.7 Å². The molecule has 10 heteroatoms. The summed E-state index contributed by atoms with van der Waals surface area (Å²) in [4.78, 5) is 39.2. The maximum atomic E-state index is 12.4. The van der Waals surface area contributed by atoms with Crippen molar-refractivity contribution in [3.63, 3.8) is 0 Å². The summed E-state index contributed by atoms with van der Waals surface area (Å²) in [7, 11) is 1.75. The van der Waals surface area contributed by atoms with Crippen molar-refractivity contribution >= 4 is 34.6 Å². The molecule has 3 heterocycles. The Morgan fingerprint density at radius 1 is 1.29 bits per heavy atom. The molecule has 2 aromatic heterocycles. The minimum Gasteiger partial charge on any atom is -0.455 e. The van der Waals surface area contributed by atoms with Gasteiger partial charge < -0.3 is 15.4 Å². The number of hydrogen-bond donors (Lipinski definition) is 3. The lowest BCUT2D eigenvalue weighted by atomic mass is 10.2. The number of ether oxygens (including phenoxy) is 1. The Morgan fingerprint density at radius 2 is 2.14 bits per heavy atom. The molecule has 1 aromatic carbocycles. The van der Waals surface area contributed by atoms with Crippen LogP contribution in [0.25, 0.3) is 10.9 Å². The second kappa shape index (κ2) is 6.99. The van der Waals surface area contributed by atoms with Crippen LogP contribution >= 0.6 is 0 Å². The maximum Gasteiger partial charge on any atom is 0.322 e. The van der Waals surface area contributed by atoms with E-state index in [0.717, 1.165) is 5.52 Å². The first-order valence-corrected chi connectivity index (χ1v) is 8.46. The molecule has 142 valence electrons.